The van der Waals surface area contributed by atoms with Gasteiger partial charge in [-0.3, -0.25) is 4.79 Å². The summed E-state index contributed by atoms with van der Waals surface area (Å²) in [6, 6.07) is 4.60. The molecule has 0 unspecified atom stereocenters. The van der Waals surface area contributed by atoms with Gasteiger partial charge in [-0.15, -0.1) is 0 Å². The second-order valence-electron chi connectivity index (χ2n) is 5.58. The lowest BCUT2D eigenvalue weighted by Crippen LogP contribution is -2.19. The summed E-state index contributed by atoms with van der Waals surface area (Å²) in [5.74, 6) is -4.54. The first-order chi connectivity index (χ1) is 12.8. The molecule has 0 saturated carbocycles. The lowest BCUT2D eigenvalue weighted by molar-refractivity contribution is 0.0695. The Morgan fingerprint density at radius 2 is 1.89 bits per heavy atom. The van der Waals surface area contributed by atoms with E-state index in [1.165, 1.54) is 0 Å². The first kappa shape index (κ1) is 18.5. The van der Waals surface area contributed by atoms with E-state index in [1.807, 2.05) is 0 Å². The Labute approximate surface area is 150 Å². The number of pyridine rings is 1. The van der Waals surface area contributed by atoms with Crippen LogP contribution in [0.5, 0.6) is 5.75 Å². The van der Waals surface area contributed by atoms with Crippen molar-refractivity contribution < 1.29 is 27.8 Å². The summed E-state index contributed by atoms with van der Waals surface area (Å²) in [6.07, 6.45) is 0.897. The average Bonchev–Trinajstić information content (AvgIpc) is 2.61. The molecule has 0 fully saturated rings. The molecule has 0 radical (unpaired) electrons. The third kappa shape index (κ3) is 3.36. The van der Waals surface area contributed by atoms with Gasteiger partial charge in [-0.1, -0.05) is 0 Å². The van der Waals surface area contributed by atoms with Crippen LogP contribution in [0.25, 0.3) is 16.6 Å². The van der Waals surface area contributed by atoms with E-state index in [-0.39, 0.29) is 35.5 Å². The molecule has 0 spiro atoms. The van der Waals surface area contributed by atoms with Gasteiger partial charge >= 0.3 is 5.97 Å². The number of hydrogen-bond acceptors (Lipinski definition) is 4. The monoisotopic (exact) mass is 378 g/mol. The lowest BCUT2D eigenvalue weighted by Gasteiger charge is -2.15. The average molecular weight is 378 g/mol. The highest BCUT2D eigenvalue weighted by molar-refractivity contribution is 5.93. The Bertz CT molecular complexity index is 1110. The van der Waals surface area contributed by atoms with Crippen LogP contribution in [0.2, 0.25) is 0 Å². The molecule has 9 heteroatoms. The highest BCUT2D eigenvalue weighted by atomic mass is 19.1. The molecule has 0 aliphatic rings. The van der Waals surface area contributed by atoms with Gasteiger partial charge in [-0.05, 0) is 18.2 Å². The molecule has 3 aromatic rings. The van der Waals surface area contributed by atoms with Crippen LogP contribution in [0.3, 0.4) is 0 Å². The van der Waals surface area contributed by atoms with E-state index in [0.29, 0.717) is 6.07 Å². The van der Waals surface area contributed by atoms with Crippen LogP contribution in [0.4, 0.5) is 13.2 Å². The minimum absolute atomic E-state index is 0.00915. The van der Waals surface area contributed by atoms with Crippen molar-refractivity contribution >= 4 is 16.9 Å². The molecule has 2 aromatic carbocycles. The maximum atomic E-state index is 14.3. The van der Waals surface area contributed by atoms with Crippen molar-refractivity contribution in [2.45, 2.75) is 0 Å². The zero-order chi connectivity index (χ0) is 19.7. The van der Waals surface area contributed by atoms with Gasteiger partial charge in [0.15, 0.2) is 11.6 Å². The summed E-state index contributed by atoms with van der Waals surface area (Å²) in [7, 11) is 0. The van der Waals surface area contributed by atoms with E-state index in [4.69, 9.17) is 10.5 Å². The van der Waals surface area contributed by atoms with Crippen LogP contribution in [-0.2, 0) is 0 Å². The van der Waals surface area contributed by atoms with E-state index in [9.17, 15) is 27.9 Å². The minimum atomic E-state index is -1.57. The number of aromatic nitrogens is 1. The fourth-order valence-corrected chi connectivity index (χ4v) is 2.63. The molecule has 6 nitrogen and oxygen atoms in total. The lowest BCUT2D eigenvalue weighted by atomic mass is 10.1. The highest BCUT2D eigenvalue weighted by Crippen LogP contribution is 2.27. The predicted molar refractivity (Wildman–Crippen MR) is 90.9 cm³/mol. The molecule has 0 aliphatic heterocycles. The number of rotatable bonds is 5. The van der Waals surface area contributed by atoms with Crippen molar-refractivity contribution in [2.24, 2.45) is 5.73 Å². The first-order valence-corrected chi connectivity index (χ1v) is 7.74. The van der Waals surface area contributed by atoms with Crippen LogP contribution in [0, 0.1) is 17.5 Å². The van der Waals surface area contributed by atoms with Crippen LogP contribution < -0.4 is 15.9 Å². The van der Waals surface area contributed by atoms with E-state index in [1.54, 1.807) is 0 Å². The molecular weight excluding hydrogens is 365 g/mol. The zero-order valence-electron chi connectivity index (χ0n) is 13.7. The molecule has 0 atom stereocenters. The molecule has 0 aliphatic carbocycles. The number of carboxylic acid groups (broad SMARTS) is 1. The number of nitrogens with zero attached hydrogens (tertiary/aromatic N) is 1. The summed E-state index contributed by atoms with van der Waals surface area (Å²) < 4.78 is 47.9. The number of carbonyl (C=O) groups is 1. The molecule has 3 rings (SSSR count). The summed E-state index contributed by atoms with van der Waals surface area (Å²) in [5.41, 5.74) is 3.45. The molecule has 140 valence electrons. The topological polar surface area (TPSA) is 94.6 Å². The van der Waals surface area contributed by atoms with Gasteiger partial charge in [-0.2, -0.15) is 0 Å². The summed E-state index contributed by atoms with van der Waals surface area (Å²) in [6.45, 7) is 0.0968. The third-order valence-corrected chi connectivity index (χ3v) is 3.83. The van der Waals surface area contributed by atoms with Crippen LogP contribution in [0.1, 0.15) is 10.4 Å². The second-order valence-corrected chi connectivity index (χ2v) is 5.58. The van der Waals surface area contributed by atoms with Crippen molar-refractivity contribution in [1.82, 2.24) is 4.57 Å². The highest BCUT2D eigenvalue weighted by Gasteiger charge is 2.19. The first-order valence-electron chi connectivity index (χ1n) is 7.74. The minimum Gasteiger partial charge on any atom is -0.489 e. The maximum absolute atomic E-state index is 14.3. The standard InChI is InChI=1S/C18H13F3N2O4/c19-9-1-2-14(12(20)5-9)23-8-11(18(25)26)17(24)10-6-13(21)16(7-15(10)23)27-4-3-22/h1-2,5-8H,3-4,22H2,(H,25,26). The Balaban J connectivity index is 2.40. The van der Waals surface area contributed by atoms with Crippen molar-refractivity contribution in [2.75, 3.05) is 13.2 Å². The third-order valence-electron chi connectivity index (χ3n) is 3.83. The number of nitrogens with two attached hydrogens (primary N) is 1. The number of aromatic carboxylic acids is 1. The quantitative estimate of drug-likeness (QED) is 0.711. The zero-order valence-corrected chi connectivity index (χ0v) is 13.7. The fraction of sp³-hybridized carbons (Fsp3) is 0.111. The largest absolute Gasteiger partial charge is 0.489 e. The van der Waals surface area contributed by atoms with Gasteiger partial charge in [0, 0.05) is 24.9 Å². The van der Waals surface area contributed by atoms with Gasteiger partial charge < -0.3 is 20.1 Å². The van der Waals surface area contributed by atoms with Crippen molar-refractivity contribution in [3.63, 3.8) is 0 Å². The second kappa shape index (κ2) is 7.12. The number of halogens is 3. The van der Waals surface area contributed by atoms with Crippen LogP contribution in [0.15, 0.2) is 41.3 Å². The summed E-state index contributed by atoms with van der Waals surface area (Å²) in [4.78, 5) is 23.8. The molecule has 1 aromatic heterocycles. The smallest absolute Gasteiger partial charge is 0.341 e. The van der Waals surface area contributed by atoms with Crippen LogP contribution >= 0.6 is 0 Å². The molecule has 0 bridgehead atoms. The Morgan fingerprint density at radius 1 is 1.15 bits per heavy atom. The Kier molecular flexibility index (Phi) is 4.87. The molecule has 0 saturated heterocycles. The Hall–Kier alpha value is -3.33. The normalized spacial score (nSPS) is 11.0. The van der Waals surface area contributed by atoms with Crippen molar-refractivity contribution in [3.05, 3.63) is 69.8 Å². The molecular formula is C18H13F3N2O4. The molecule has 0 amide bonds. The molecule has 3 N–H and O–H groups in total. The van der Waals surface area contributed by atoms with Gasteiger partial charge in [0.25, 0.3) is 0 Å². The number of carboxylic acids is 1. The van der Waals surface area contributed by atoms with Crippen molar-refractivity contribution in [3.8, 4) is 11.4 Å². The van der Waals surface area contributed by atoms with Crippen molar-refractivity contribution in [1.29, 1.82) is 0 Å². The van der Waals surface area contributed by atoms with Gasteiger partial charge in [-0.25, -0.2) is 18.0 Å². The molecule has 27 heavy (non-hydrogen) atoms. The molecule has 1 heterocycles. The van der Waals surface area contributed by atoms with E-state index in [0.717, 1.165) is 35.0 Å². The Morgan fingerprint density at radius 3 is 2.52 bits per heavy atom. The fourth-order valence-electron chi connectivity index (χ4n) is 2.63. The van der Waals surface area contributed by atoms with Gasteiger partial charge in [0.05, 0.1) is 16.6 Å². The number of hydrogen-bond donors (Lipinski definition) is 2. The van der Waals surface area contributed by atoms with E-state index >= 15 is 0 Å². The SMILES string of the molecule is NCCOc1cc2c(cc1F)c(=O)c(C(=O)O)cn2-c1ccc(F)cc1F. The van der Waals surface area contributed by atoms with Gasteiger partial charge in [0.2, 0.25) is 5.43 Å². The summed E-state index contributed by atoms with van der Waals surface area (Å²) in [5, 5.41) is 8.96. The predicted octanol–water partition coefficient (Wildman–Crippen LogP) is 2.44. The summed E-state index contributed by atoms with van der Waals surface area (Å²) >= 11 is 0. The van der Waals surface area contributed by atoms with Crippen LogP contribution in [-0.4, -0.2) is 28.8 Å². The van der Waals surface area contributed by atoms with Gasteiger partial charge in [0.1, 0.15) is 23.8 Å². The number of benzene rings is 2. The number of fused-ring (bicyclic) bond motifs is 1. The maximum Gasteiger partial charge on any atom is 0.341 e. The van der Waals surface area contributed by atoms with E-state index < -0.39 is 34.4 Å². The van der Waals surface area contributed by atoms with E-state index in [2.05, 4.69) is 0 Å². The number of ether oxygens (including phenoxy) is 1.